The highest BCUT2D eigenvalue weighted by atomic mass is 16.4. The lowest BCUT2D eigenvalue weighted by molar-refractivity contribution is -0.149. The number of hydrogen-bond donors (Lipinski definition) is 3. The second kappa shape index (κ2) is 6.04. The van der Waals surface area contributed by atoms with Crippen molar-refractivity contribution in [3.05, 3.63) is 0 Å². The Labute approximate surface area is 112 Å². The van der Waals surface area contributed by atoms with Gasteiger partial charge in [0.1, 0.15) is 5.41 Å². The van der Waals surface area contributed by atoms with Gasteiger partial charge in [0.15, 0.2) is 0 Å². The SMILES string of the molecule is CC(C)C[C@H](CNC(=O)C1(C(=O)O)CC1)CC(=O)O. The van der Waals surface area contributed by atoms with Crippen LogP contribution >= 0.6 is 0 Å². The van der Waals surface area contributed by atoms with E-state index < -0.39 is 23.3 Å². The first kappa shape index (κ1) is 15.5. The maximum Gasteiger partial charge on any atom is 0.319 e. The fourth-order valence-corrected chi connectivity index (χ4v) is 2.22. The fraction of sp³-hybridized carbons (Fsp3) is 0.769. The summed E-state index contributed by atoms with van der Waals surface area (Å²) in [5.74, 6) is -2.32. The van der Waals surface area contributed by atoms with E-state index in [0.717, 1.165) is 0 Å². The third-order valence-electron chi connectivity index (χ3n) is 3.41. The molecule has 0 aromatic carbocycles. The molecule has 0 aliphatic heterocycles. The summed E-state index contributed by atoms with van der Waals surface area (Å²) in [7, 11) is 0. The van der Waals surface area contributed by atoms with Gasteiger partial charge in [0.2, 0.25) is 5.91 Å². The molecular weight excluding hydrogens is 250 g/mol. The second-order valence-corrected chi connectivity index (χ2v) is 5.69. The van der Waals surface area contributed by atoms with Crippen molar-refractivity contribution < 1.29 is 24.6 Å². The molecule has 1 atom stereocenters. The summed E-state index contributed by atoms with van der Waals surface area (Å²) in [5, 5.41) is 20.4. The average molecular weight is 271 g/mol. The second-order valence-electron chi connectivity index (χ2n) is 5.69. The molecular formula is C13H21NO5. The van der Waals surface area contributed by atoms with E-state index in [9.17, 15) is 14.4 Å². The van der Waals surface area contributed by atoms with Crippen LogP contribution in [0.5, 0.6) is 0 Å². The molecule has 1 amide bonds. The predicted molar refractivity (Wildman–Crippen MR) is 67.5 cm³/mol. The van der Waals surface area contributed by atoms with Crippen molar-refractivity contribution in [2.75, 3.05) is 6.54 Å². The zero-order valence-corrected chi connectivity index (χ0v) is 11.3. The van der Waals surface area contributed by atoms with Crippen molar-refractivity contribution in [2.45, 2.75) is 39.5 Å². The molecule has 0 heterocycles. The van der Waals surface area contributed by atoms with Crippen LogP contribution in [0.25, 0.3) is 0 Å². The fourth-order valence-electron chi connectivity index (χ4n) is 2.22. The molecule has 6 nitrogen and oxygen atoms in total. The molecule has 0 aromatic heterocycles. The lowest BCUT2D eigenvalue weighted by Crippen LogP contribution is -2.39. The van der Waals surface area contributed by atoms with Gasteiger partial charge in [0.05, 0.1) is 0 Å². The maximum absolute atomic E-state index is 11.8. The van der Waals surface area contributed by atoms with E-state index in [4.69, 9.17) is 10.2 Å². The van der Waals surface area contributed by atoms with Crippen molar-refractivity contribution in [2.24, 2.45) is 17.3 Å². The van der Waals surface area contributed by atoms with Gasteiger partial charge in [0.25, 0.3) is 0 Å². The van der Waals surface area contributed by atoms with Gasteiger partial charge in [-0.25, -0.2) is 0 Å². The molecule has 3 N–H and O–H groups in total. The smallest absolute Gasteiger partial charge is 0.319 e. The van der Waals surface area contributed by atoms with Crippen LogP contribution in [0.15, 0.2) is 0 Å². The molecule has 0 aromatic rings. The van der Waals surface area contributed by atoms with Crippen molar-refractivity contribution in [1.82, 2.24) is 5.32 Å². The minimum Gasteiger partial charge on any atom is -0.481 e. The molecule has 19 heavy (non-hydrogen) atoms. The molecule has 0 spiro atoms. The number of carboxylic acid groups (broad SMARTS) is 2. The van der Waals surface area contributed by atoms with Gasteiger partial charge in [-0.05, 0) is 31.1 Å². The predicted octanol–water partition coefficient (Wildman–Crippen LogP) is 1.10. The Hall–Kier alpha value is -1.59. The Morgan fingerprint density at radius 1 is 1.21 bits per heavy atom. The zero-order chi connectivity index (χ0) is 14.6. The standard InChI is InChI=1S/C13H21NO5/c1-8(2)5-9(6-10(15)16)7-14-11(17)13(3-4-13)12(18)19/h8-9H,3-7H2,1-2H3,(H,14,17)(H,15,16)(H,18,19)/t9-/m0/s1. The molecule has 1 saturated carbocycles. The monoisotopic (exact) mass is 271 g/mol. The molecule has 1 aliphatic carbocycles. The molecule has 1 rings (SSSR count). The van der Waals surface area contributed by atoms with E-state index in [0.29, 0.717) is 25.2 Å². The van der Waals surface area contributed by atoms with E-state index in [1.54, 1.807) is 0 Å². The highest BCUT2D eigenvalue weighted by Crippen LogP contribution is 2.46. The average Bonchev–Trinajstić information content (AvgIpc) is 3.04. The molecule has 0 unspecified atom stereocenters. The molecule has 1 aliphatic rings. The third-order valence-corrected chi connectivity index (χ3v) is 3.41. The number of aliphatic carboxylic acids is 2. The Balaban J connectivity index is 2.49. The van der Waals surface area contributed by atoms with Gasteiger partial charge in [-0.1, -0.05) is 13.8 Å². The number of carboxylic acids is 2. The lowest BCUT2D eigenvalue weighted by atomic mass is 9.93. The van der Waals surface area contributed by atoms with Crippen molar-refractivity contribution in [1.29, 1.82) is 0 Å². The van der Waals surface area contributed by atoms with Gasteiger partial charge in [-0.2, -0.15) is 0 Å². The van der Waals surface area contributed by atoms with Gasteiger partial charge < -0.3 is 15.5 Å². The summed E-state index contributed by atoms with van der Waals surface area (Å²) >= 11 is 0. The molecule has 0 saturated heterocycles. The van der Waals surface area contributed by atoms with Gasteiger partial charge in [-0.15, -0.1) is 0 Å². The summed E-state index contributed by atoms with van der Waals surface area (Å²) in [4.78, 5) is 33.5. The molecule has 0 bridgehead atoms. The normalized spacial score (nSPS) is 17.8. The Morgan fingerprint density at radius 3 is 2.16 bits per heavy atom. The van der Waals surface area contributed by atoms with Crippen LogP contribution in [0.1, 0.15) is 39.5 Å². The van der Waals surface area contributed by atoms with Crippen LogP contribution in [-0.4, -0.2) is 34.6 Å². The summed E-state index contributed by atoms with van der Waals surface area (Å²) in [5.41, 5.74) is -1.26. The van der Waals surface area contributed by atoms with E-state index in [1.807, 2.05) is 13.8 Å². The van der Waals surface area contributed by atoms with E-state index in [-0.39, 0.29) is 18.9 Å². The van der Waals surface area contributed by atoms with Crippen LogP contribution in [0.4, 0.5) is 0 Å². The first-order valence-electron chi connectivity index (χ1n) is 6.51. The third kappa shape index (κ3) is 4.22. The minimum absolute atomic E-state index is 0.0153. The van der Waals surface area contributed by atoms with Crippen LogP contribution < -0.4 is 5.32 Å². The lowest BCUT2D eigenvalue weighted by Gasteiger charge is -2.19. The van der Waals surface area contributed by atoms with Crippen molar-refractivity contribution in [3.8, 4) is 0 Å². The number of carbonyl (C=O) groups is 3. The number of amides is 1. The first-order chi connectivity index (χ1) is 8.78. The van der Waals surface area contributed by atoms with Gasteiger partial charge in [0, 0.05) is 13.0 Å². The summed E-state index contributed by atoms with van der Waals surface area (Å²) in [6, 6.07) is 0. The van der Waals surface area contributed by atoms with Crippen LogP contribution in [0, 0.1) is 17.3 Å². The first-order valence-corrected chi connectivity index (χ1v) is 6.51. The number of nitrogens with one attached hydrogen (secondary N) is 1. The van der Waals surface area contributed by atoms with E-state index in [2.05, 4.69) is 5.32 Å². The summed E-state index contributed by atoms with van der Waals surface area (Å²) in [6.45, 7) is 4.19. The number of rotatable bonds is 8. The molecule has 6 heteroatoms. The van der Waals surface area contributed by atoms with Gasteiger partial charge in [-0.3, -0.25) is 14.4 Å². The Bertz CT molecular complexity index is 373. The Morgan fingerprint density at radius 2 is 1.79 bits per heavy atom. The van der Waals surface area contributed by atoms with Crippen molar-refractivity contribution >= 4 is 17.8 Å². The molecule has 1 fully saturated rings. The number of carbonyl (C=O) groups excluding carboxylic acids is 1. The van der Waals surface area contributed by atoms with Crippen LogP contribution in [0.2, 0.25) is 0 Å². The van der Waals surface area contributed by atoms with E-state index in [1.165, 1.54) is 0 Å². The Kier molecular flexibility index (Phi) is 4.91. The topological polar surface area (TPSA) is 104 Å². The largest absolute Gasteiger partial charge is 0.481 e. The highest BCUT2D eigenvalue weighted by Gasteiger charge is 2.57. The quantitative estimate of drug-likeness (QED) is 0.574. The van der Waals surface area contributed by atoms with Crippen LogP contribution in [0.3, 0.4) is 0 Å². The zero-order valence-electron chi connectivity index (χ0n) is 11.3. The summed E-state index contributed by atoms with van der Waals surface area (Å²) in [6.07, 6.45) is 1.40. The molecule has 0 radical (unpaired) electrons. The van der Waals surface area contributed by atoms with Gasteiger partial charge >= 0.3 is 11.9 Å². The van der Waals surface area contributed by atoms with Crippen LogP contribution in [-0.2, 0) is 14.4 Å². The highest BCUT2D eigenvalue weighted by molar-refractivity contribution is 6.04. The van der Waals surface area contributed by atoms with Crippen molar-refractivity contribution in [3.63, 3.8) is 0 Å². The number of hydrogen-bond acceptors (Lipinski definition) is 3. The van der Waals surface area contributed by atoms with E-state index >= 15 is 0 Å². The minimum atomic E-state index is -1.26. The maximum atomic E-state index is 11.8. The summed E-state index contributed by atoms with van der Waals surface area (Å²) < 4.78 is 0. The molecule has 108 valence electrons.